The Bertz CT molecular complexity index is 731. The predicted octanol–water partition coefficient (Wildman–Crippen LogP) is 3.64. The second-order valence-corrected chi connectivity index (χ2v) is 9.83. The van der Waals surface area contributed by atoms with Crippen LogP contribution in [0.25, 0.3) is 0 Å². The van der Waals surface area contributed by atoms with Gasteiger partial charge in [-0.25, -0.2) is 4.79 Å². The zero-order valence-corrected chi connectivity index (χ0v) is 19.0. The molecule has 6 nitrogen and oxygen atoms in total. The molecule has 1 aliphatic rings. The van der Waals surface area contributed by atoms with Gasteiger partial charge in [-0.2, -0.15) is 0 Å². The maximum Gasteiger partial charge on any atom is 0.329 e. The molecule has 1 aromatic rings. The fourth-order valence-electron chi connectivity index (χ4n) is 3.07. The fourth-order valence-corrected chi connectivity index (χ4v) is 3.31. The number of ether oxygens (including phenoxy) is 2. The molecule has 2 N–H and O–H groups in total. The Hall–Kier alpha value is -1.79. The van der Waals surface area contributed by atoms with Gasteiger partial charge in [0.1, 0.15) is 23.0 Å². The smallest absolute Gasteiger partial charge is 0.329 e. The minimum absolute atomic E-state index is 0.183. The number of amides is 1. The van der Waals surface area contributed by atoms with Crippen LogP contribution in [0.2, 0.25) is 5.02 Å². The highest BCUT2D eigenvalue weighted by molar-refractivity contribution is 6.32. The van der Waals surface area contributed by atoms with Gasteiger partial charge in [-0.05, 0) is 78.6 Å². The molecule has 0 aromatic heterocycles. The molecular formula is C22H33ClN2O4. The quantitative estimate of drug-likeness (QED) is 0.682. The van der Waals surface area contributed by atoms with Gasteiger partial charge < -0.3 is 20.1 Å². The molecule has 29 heavy (non-hydrogen) atoms. The van der Waals surface area contributed by atoms with Crippen molar-refractivity contribution in [1.82, 2.24) is 10.6 Å². The van der Waals surface area contributed by atoms with Gasteiger partial charge >= 0.3 is 5.97 Å². The van der Waals surface area contributed by atoms with Crippen LogP contribution in [-0.4, -0.2) is 41.7 Å². The normalized spacial score (nSPS) is 18.2. The molecule has 0 spiro atoms. The van der Waals surface area contributed by atoms with Crippen molar-refractivity contribution >= 4 is 23.5 Å². The first kappa shape index (κ1) is 23.5. The van der Waals surface area contributed by atoms with Crippen LogP contribution in [0.1, 0.15) is 59.9 Å². The van der Waals surface area contributed by atoms with E-state index < -0.39 is 17.6 Å². The van der Waals surface area contributed by atoms with Crippen LogP contribution in [0.3, 0.4) is 0 Å². The molecule has 1 aliphatic heterocycles. The van der Waals surface area contributed by atoms with E-state index in [1.54, 1.807) is 32.9 Å². The number of hydrogen-bond acceptors (Lipinski definition) is 5. The summed E-state index contributed by atoms with van der Waals surface area (Å²) in [7, 11) is 0. The summed E-state index contributed by atoms with van der Waals surface area (Å²) in [5.41, 5.74) is -0.202. The van der Waals surface area contributed by atoms with E-state index in [1.807, 2.05) is 26.8 Å². The topological polar surface area (TPSA) is 76.7 Å². The Balaban J connectivity index is 2.16. The van der Waals surface area contributed by atoms with Gasteiger partial charge in [0.05, 0.1) is 11.1 Å². The van der Waals surface area contributed by atoms with E-state index in [2.05, 4.69) is 10.6 Å². The van der Waals surface area contributed by atoms with Crippen molar-refractivity contribution in [2.75, 3.05) is 6.54 Å². The lowest BCUT2D eigenvalue weighted by Gasteiger charge is -2.26. The summed E-state index contributed by atoms with van der Waals surface area (Å²) in [6.07, 6.45) is 1.99. The maximum atomic E-state index is 12.7. The number of esters is 1. The van der Waals surface area contributed by atoms with Crippen LogP contribution in [0, 0.1) is 0 Å². The maximum absolute atomic E-state index is 12.7. The monoisotopic (exact) mass is 424 g/mol. The Kier molecular flexibility index (Phi) is 7.57. The first-order valence-corrected chi connectivity index (χ1v) is 10.5. The van der Waals surface area contributed by atoms with Crippen molar-refractivity contribution in [2.24, 2.45) is 0 Å². The van der Waals surface area contributed by atoms with Gasteiger partial charge in [-0.3, -0.25) is 4.79 Å². The summed E-state index contributed by atoms with van der Waals surface area (Å²) in [4.78, 5) is 25.3. The standard InChI is InChI=1S/C22H33ClN2O4/c1-21(2,3)28-18-10-9-14(12-15(18)23)13-17(20(27)29-22(4,5)6)25-19(26)16-8-7-11-24-16/h9-10,12,16-17,24H,7-8,11,13H2,1-6H3,(H,25,26)/t16-,17?/m0/s1. The van der Waals surface area contributed by atoms with E-state index in [1.165, 1.54) is 0 Å². The minimum atomic E-state index is -0.797. The zero-order valence-electron chi connectivity index (χ0n) is 18.2. The van der Waals surface area contributed by atoms with Crippen molar-refractivity contribution < 1.29 is 19.1 Å². The second-order valence-electron chi connectivity index (χ2n) is 9.43. The Morgan fingerprint density at radius 2 is 1.90 bits per heavy atom. The van der Waals surface area contributed by atoms with Crippen molar-refractivity contribution in [3.05, 3.63) is 28.8 Å². The molecule has 0 bridgehead atoms. The third kappa shape index (κ3) is 7.86. The van der Waals surface area contributed by atoms with Crippen LogP contribution in [-0.2, 0) is 20.7 Å². The van der Waals surface area contributed by atoms with Crippen LogP contribution >= 0.6 is 11.6 Å². The molecule has 1 aromatic carbocycles. The molecule has 1 heterocycles. The van der Waals surface area contributed by atoms with Gasteiger partial charge in [0.25, 0.3) is 0 Å². The van der Waals surface area contributed by atoms with E-state index in [0.29, 0.717) is 10.8 Å². The van der Waals surface area contributed by atoms with E-state index in [4.69, 9.17) is 21.1 Å². The summed E-state index contributed by atoms with van der Waals surface area (Å²) >= 11 is 6.38. The van der Waals surface area contributed by atoms with E-state index >= 15 is 0 Å². The number of halogens is 1. The highest BCUT2D eigenvalue weighted by atomic mass is 35.5. The molecule has 7 heteroatoms. The average Bonchev–Trinajstić information content (AvgIpc) is 3.08. The predicted molar refractivity (Wildman–Crippen MR) is 114 cm³/mol. The number of nitrogens with one attached hydrogen (secondary N) is 2. The minimum Gasteiger partial charge on any atom is -0.487 e. The summed E-state index contributed by atoms with van der Waals surface area (Å²) < 4.78 is 11.4. The van der Waals surface area contributed by atoms with Gasteiger partial charge in [-0.15, -0.1) is 0 Å². The van der Waals surface area contributed by atoms with Crippen molar-refractivity contribution in [3.8, 4) is 5.75 Å². The van der Waals surface area contributed by atoms with Crippen molar-refractivity contribution in [2.45, 2.75) is 84.1 Å². The summed E-state index contributed by atoms with van der Waals surface area (Å²) in [5, 5.41) is 6.46. The number of hydrogen-bond donors (Lipinski definition) is 2. The molecule has 0 saturated carbocycles. The second kappa shape index (κ2) is 9.35. The molecule has 162 valence electrons. The molecular weight excluding hydrogens is 392 g/mol. The van der Waals surface area contributed by atoms with E-state index in [9.17, 15) is 9.59 Å². The molecule has 2 atom stereocenters. The molecule has 0 aliphatic carbocycles. The van der Waals surface area contributed by atoms with Gasteiger partial charge in [-0.1, -0.05) is 17.7 Å². The number of rotatable bonds is 6. The largest absolute Gasteiger partial charge is 0.487 e. The summed E-state index contributed by atoms with van der Waals surface area (Å²) in [6, 6.07) is 4.33. The Morgan fingerprint density at radius 3 is 2.41 bits per heavy atom. The highest BCUT2D eigenvalue weighted by Gasteiger charge is 2.30. The summed E-state index contributed by atoms with van der Waals surface area (Å²) in [5.74, 6) is -0.0666. The van der Waals surface area contributed by atoms with Crippen molar-refractivity contribution in [3.63, 3.8) is 0 Å². The molecule has 2 rings (SSSR count). The summed E-state index contributed by atoms with van der Waals surface area (Å²) in [6.45, 7) is 12.1. The van der Waals surface area contributed by atoms with Crippen LogP contribution in [0.5, 0.6) is 5.75 Å². The molecule has 0 radical (unpaired) electrons. The van der Waals surface area contributed by atoms with Gasteiger partial charge in [0, 0.05) is 6.42 Å². The first-order chi connectivity index (χ1) is 13.3. The molecule has 1 amide bonds. The lowest BCUT2D eigenvalue weighted by Crippen LogP contribution is -2.50. The Labute approximate surface area is 178 Å². The molecule has 1 saturated heterocycles. The molecule has 1 unspecified atom stereocenters. The van der Waals surface area contributed by atoms with Crippen LogP contribution in [0.15, 0.2) is 18.2 Å². The third-order valence-corrected chi connectivity index (χ3v) is 4.53. The third-order valence-electron chi connectivity index (χ3n) is 4.24. The number of carbonyl (C=O) groups is 2. The number of benzene rings is 1. The van der Waals surface area contributed by atoms with Gasteiger partial charge in [0.15, 0.2) is 0 Å². The van der Waals surface area contributed by atoms with E-state index in [-0.39, 0.29) is 24.0 Å². The zero-order chi connectivity index (χ0) is 21.8. The van der Waals surface area contributed by atoms with Crippen LogP contribution < -0.4 is 15.4 Å². The lowest BCUT2D eigenvalue weighted by atomic mass is 10.0. The highest BCUT2D eigenvalue weighted by Crippen LogP contribution is 2.29. The number of carbonyl (C=O) groups excluding carboxylic acids is 2. The van der Waals surface area contributed by atoms with Crippen molar-refractivity contribution in [1.29, 1.82) is 0 Å². The van der Waals surface area contributed by atoms with Gasteiger partial charge in [0.2, 0.25) is 5.91 Å². The first-order valence-electron chi connectivity index (χ1n) is 10.1. The SMILES string of the molecule is CC(C)(C)OC(=O)C(Cc1ccc(OC(C)(C)C)c(Cl)c1)NC(=O)[C@@H]1CCCN1. The lowest BCUT2D eigenvalue weighted by molar-refractivity contribution is -0.158. The van der Waals surface area contributed by atoms with E-state index in [0.717, 1.165) is 24.9 Å². The average molecular weight is 425 g/mol. The Morgan fingerprint density at radius 1 is 1.21 bits per heavy atom. The fraction of sp³-hybridized carbons (Fsp3) is 0.636. The van der Waals surface area contributed by atoms with Crippen LogP contribution in [0.4, 0.5) is 0 Å². The molecule has 1 fully saturated rings.